The number of alkyl halides is 3. The average Bonchev–Trinajstić information content (AvgIpc) is 2.61. The van der Waals surface area contributed by atoms with Crippen LogP contribution in [-0.4, -0.2) is 29.3 Å². The number of carbonyl (C=O) groups is 1. The van der Waals surface area contributed by atoms with Crippen LogP contribution < -0.4 is 5.43 Å². The van der Waals surface area contributed by atoms with E-state index in [0.29, 0.717) is 0 Å². The maximum atomic E-state index is 13.0. The molecule has 0 spiro atoms. The quantitative estimate of drug-likeness (QED) is 0.508. The number of halogens is 3. The molecular weight excluding hydrogens is 337 g/mol. The number of ether oxygens (including phenoxy) is 1. The molecule has 2 aromatic rings. The number of hydrazone groups is 1. The highest BCUT2D eigenvalue weighted by Gasteiger charge is 2.38. The first-order valence-electron chi connectivity index (χ1n) is 6.95. The third-order valence-electron chi connectivity index (χ3n) is 2.88. The van der Waals surface area contributed by atoms with Crippen molar-refractivity contribution in [2.24, 2.45) is 5.10 Å². The van der Waals surface area contributed by atoms with Gasteiger partial charge in [0, 0.05) is 12.4 Å². The van der Waals surface area contributed by atoms with E-state index in [0.717, 1.165) is 18.9 Å². The summed E-state index contributed by atoms with van der Waals surface area (Å²) in [6, 6.07) is 9.36. The van der Waals surface area contributed by atoms with Crippen molar-refractivity contribution in [3.05, 3.63) is 59.4 Å². The fraction of sp³-hybridized carbons (Fsp3) is 0.125. The number of hydrogen-bond acceptors (Lipinski definition) is 6. The van der Waals surface area contributed by atoms with Crippen LogP contribution in [0.25, 0.3) is 6.08 Å². The van der Waals surface area contributed by atoms with Gasteiger partial charge in [0.2, 0.25) is 5.95 Å². The molecule has 0 aliphatic rings. The SMILES string of the molecule is COC(=O)c1cnc(NN=CC=Cc2ccccc2)nc1C(F)(F)F. The van der Waals surface area contributed by atoms with Gasteiger partial charge in [-0.3, -0.25) is 0 Å². The topological polar surface area (TPSA) is 76.5 Å². The van der Waals surface area contributed by atoms with Gasteiger partial charge in [-0.1, -0.05) is 36.4 Å². The van der Waals surface area contributed by atoms with Crippen molar-refractivity contribution < 1.29 is 22.7 Å². The van der Waals surface area contributed by atoms with Gasteiger partial charge < -0.3 is 4.74 Å². The minimum absolute atomic E-state index is 0.399. The Hall–Kier alpha value is -3.23. The summed E-state index contributed by atoms with van der Waals surface area (Å²) in [6.07, 6.45) is 0.584. The Bertz CT molecular complexity index is 790. The fourth-order valence-electron chi connectivity index (χ4n) is 1.77. The summed E-state index contributed by atoms with van der Waals surface area (Å²) < 4.78 is 43.2. The minimum Gasteiger partial charge on any atom is -0.465 e. The molecule has 0 unspecified atom stereocenters. The molecule has 1 heterocycles. The zero-order valence-electron chi connectivity index (χ0n) is 13.0. The van der Waals surface area contributed by atoms with Crippen LogP contribution in [0.1, 0.15) is 21.6 Å². The molecule has 1 aromatic carbocycles. The van der Waals surface area contributed by atoms with Gasteiger partial charge in [-0.15, -0.1) is 0 Å². The van der Waals surface area contributed by atoms with Gasteiger partial charge in [0.05, 0.1) is 7.11 Å². The summed E-state index contributed by atoms with van der Waals surface area (Å²) in [5.41, 5.74) is 1.04. The predicted molar refractivity (Wildman–Crippen MR) is 86.0 cm³/mol. The van der Waals surface area contributed by atoms with E-state index >= 15 is 0 Å². The molecule has 0 radical (unpaired) electrons. The van der Waals surface area contributed by atoms with Crippen molar-refractivity contribution >= 4 is 24.2 Å². The number of benzene rings is 1. The van der Waals surface area contributed by atoms with Gasteiger partial charge in [0.25, 0.3) is 0 Å². The zero-order valence-corrected chi connectivity index (χ0v) is 13.0. The molecule has 130 valence electrons. The number of nitrogens with one attached hydrogen (secondary N) is 1. The Morgan fingerprint density at radius 2 is 2.00 bits per heavy atom. The number of allylic oxidation sites excluding steroid dienone is 1. The molecule has 25 heavy (non-hydrogen) atoms. The Kier molecular flexibility index (Phi) is 5.83. The normalized spacial score (nSPS) is 11.8. The summed E-state index contributed by atoms with van der Waals surface area (Å²) in [4.78, 5) is 18.3. The zero-order chi connectivity index (χ0) is 18.3. The number of nitrogens with zero attached hydrogens (tertiary/aromatic N) is 3. The molecule has 0 amide bonds. The van der Waals surface area contributed by atoms with E-state index in [9.17, 15) is 18.0 Å². The lowest BCUT2D eigenvalue weighted by Crippen LogP contribution is -2.18. The Morgan fingerprint density at radius 3 is 2.64 bits per heavy atom. The molecule has 6 nitrogen and oxygen atoms in total. The van der Waals surface area contributed by atoms with Crippen LogP contribution in [0.4, 0.5) is 19.1 Å². The van der Waals surface area contributed by atoms with Crippen LogP contribution in [0, 0.1) is 0 Å². The number of esters is 1. The van der Waals surface area contributed by atoms with E-state index in [1.807, 2.05) is 30.3 Å². The smallest absolute Gasteiger partial charge is 0.434 e. The molecule has 0 saturated heterocycles. The standard InChI is InChI=1S/C16H13F3N4O2/c1-25-14(24)12-10-20-15(22-13(12)16(17,18)19)23-21-9-5-8-11-6-3-2-4-7-11/h2-10H,1H3,(H,20,22,23). The molecule has 0 bridgehead atoms. The van der Waals surface area contributed by atoms with Gasteiger partial charge in [-0.05, 0) is 11.6 Å². The fourth-order valence-corrected chi connectivity index (χ4v) is 1.77. The molecule has 0 aliphatic carbocycles. The highest BCUT2D eigenvalue weighted by atomic mass is 19.4. The largest absolute Gasteiger partial charge is 0.465 e. The van der Waals surface area contributed by atoms with Gasteiger partial charge in [0.1, 0.15) is 5.56 Å². The van der Waals surface area contributed by atoms with Crippen LogP contribution in [-0.2, 0) is 10.9 Å². The molecule has 2 rings (SSSR count). The highest BCUT2D eigenvalue weighted by molar-refractivity contribution is 5.90. The van der Waals surface area contributed by atoms with Crippen LogP contribution in [0.5, 0.6) is 0 Å². The first kappa shape index (κ1) is 18.1. The van der Waals surface area contributed by atoms with Gasteiger partial charge in [-0.2, -0.15) is 18.3 Å². The van der Waals surface area contributed by atoms with Gasteiger partial charge in [-0.25, -0.2) is 20.2 Å². The average molecular weight is 350 g/mol. The number of hydrogen-bond donors (Lipinski definition) is 1. The molecule has 1 N–H and O–H groups in total. The summed E-state index contributed by atoms with van der Waals surface area (Å²) in [5, 5.41) is 3.70. The van der Waals surface area contributed by atoms with Crippen molar-refractivity contribution in [3.8, 4) is 0 Å². The van der Waals surface area contributed by atoms with Gasteiger partial charge >= 0.3 is 12.1 Å². The van der Waals surface area contributed by atoms with Gasteiger partial charge in [0.15, 0.2) is 5.69 Å². The van der Waals surface area contributed by atoms with Crippen LogP contribution in [0.3, 0.4) is 0 Å². The molecule has 0 aliphatic heterocycles. The maximum absolute atomic E-state index is 13.0. The summed E-state index contributed by atoms with van der Waals surface area (Å²) in [6.45, 7) is 0. The second kappa shape index (κ2) is 8.04. The maximum Gasteiger partial charge on any atom is 0.434 e. The number of rotatable bonds is 5. The Morgan fingerprint density at radius 1 is 1.28 bits per heavy atom. The van der Waals surface area contributed by atoms with Crippen molar-refractivity contribution in [2.75, 3.05) is 12.5 Å². The summed E-state index contributed by atoms with van der Waals surface area (Å²) >= 11 is 0. The molecule has 9 heteroatoms. The lowest BCUT2D eigenvalue weighted by atomic mass is 10.2. The van der Waals surface area contributed by atoms with Crippen molar-refractivity contribution in [2.45, 2.75) is 6.18 Å². The third-order valence-corrected chi connectivity index (χ3v) is 2.88. The number of carbonyl (C=O) groups excluding carboxylic acids is 1. The lowest BCUT2D eigenvalue weighted by molar-refractivity contribution is -0.141. The van der Waals surface area contributed by atoms with Crippen LogP contribution >= 0.6 is 0 Å². The van der Waals surface area contributed by atoms with Crippen LogP contribution in [0.15, 0.2) is 47.7 Å². The lowest BCUT2D eigenvalue weighted by Gasteiger charge is -2.10. The number of methoxy groups -OCH3 is 1. The van der Waals surface area contributed by atoms with Crippen molar-refractivity contribution in [1.82, 2.24) is 9.97 Å². The molecule has 1 aromatic heterocycles. The van der Waals surface area contributed by atoms with E-state index in [1.54, 1.807) is 12.2 Å². The van der Waals surface area contributed by atoms with Crippen molar-refractivity contribution in [3.63, 3.8) is 0 Å². The predicted octanol–water partition coefficient (Wildman–Crippen LogP) is 3.39. The number of aromatic nitrogens is 2. The number of anilines is 1. The Labute approximate surface area is 141 Å². The second-order valence-electron chi connectivity index (χ2n) is 4.61. The monoisotopic (exact) mass is 350 g/mol. The second-order valence-corrected chi connectivity index (χ2v) is 4.61. The van der Waals surface area contributed by atoms with E-state index in [-0.39, 0.29) is 0 Å². The van der Waals surface area contributed by atoms with E-state index in [2.05, 4.69) is 25.2 Å². The first-order chi connectivity index (χ1) is 11.9. The third kappa shape index (κ3) is 5.13. The molecule has 0 saturated carbocycles. The van der Waals surface area contributed by atoms with E-state index in [1.165, 1.54) is 6.21 Å². The minimum atomic E-state index is -4.83. The summed E-state index contributed by atoms with van der Waals surface area (Å²) in [7, 11) is 0.970. The summed E-state index contributed by atoms with van der Waals surface area (Å²) in [5.74, 6) is -1.57. The van der Waals surface area contributed by atoms with E-state index in [4.69, 9.17) is 0 Å². The van der Waals surface area contributed by atoms with Crippen molar-refractivity contribution in [1.29, 1.82) is 0 Å². The first-order valence-corrected chi connectivity index (χ1v) is 6.95. The molecule has 0 fully saturated rings. The molecule has 0 atom stereocenters. The highest BCUT2D eigenvalue weighted by Crippen LogP contribution is 2.31. The Balaban J connectivity index is 2.11. The van der Waals surface area contributed by atoms with Crippen LogP contribution in [0.2, 0.25) is 0 Å². The molecular formula is C16H13F3N4O2. The van der Waals surface area contributed by atoms with E-state index < -0.39 is 29.4 Å².